The van der Waals surface area contributed by atoms with Crippen molar-refractivity contribution in [1.29, 1.82) is 0 Å². The predicted molar refractivity (Wildman–Crippen MR) is 287 cm³/mol. The molecule has 0 saturated heterocycles. The van der Waals surface area contributed by atoms with Crippen LogP contribution in [0.4, 0.5) is 29.1 Å². The van der Waals surface area contributed by atoms with E-state index >= 15 is 0 Å². The molecule has 0 aliphatic heterocycles. The molecule has 0 atom stereocenters. The number of ether oxygens (including phenoxy) is 1. The Kier molecular flexibility index (Phi) is 30.6. The second-order valence-corrected chi connectivity index (χ2v) is 14.4. The number of anilines is 5. The Balaban J connectivity index is -0.000000365. The van der Waals surface area contributed by atoms with Gasteiger partial charge in [-0.05, 0) is 151 Å². The number of carbonyl (C=O) groups excluding carboxylic acids is 2. The number of nitrogens with two attached hydrogens (primary N) is 5. The first-order valence-electron chi connectivity index (χ1n) is 19.2. The molecule has 0 saturated carbocycles. The van der Waals surface area contributed by atoms with Gasteiger partial charge in [0.15, 0.2) is 11.3 Å². The first kappa shape index (κ1) is 66.4. The lowest BCUT2D eigenvalue weighted by molar-refractivity contribution is -0.145. The zero-order chi connectivity index (χ0) is 47.0. The van der Waals surface area contributed by atoms with Crippen LogP contribution in [0.2, 0.25) is 5.15 Å². The molecule has 7 aromatic rings. The summed E-state index contributed by atoms with van der Waals surface area (Å²) in [5, 5.41) is 3.57. The molecule has 0 aliphatic rings. The number of fused-ring (bicyclic) bond motifs is 3. The molecule has 0 amide bonds. The smallest absolute Gasteiger partial charge is 0.313 e. The molecule has 7 aromatic heterocycles. The molecule has 0 spiro atoms. The van der Waals surface area contributed by atoms with Crippen molar-refractivity contribution in [3.63, 3.8) is 0 Å². The second-order valence-electron chi connectivity index (χ2n) is 14.0. The van der Waals surface area contributed by atoms with Gasteiger partial charge >= 0.3 is 5.97 Å². The molecule has 16 nitrogen and oxygen atoms in total. The molecule has 11 N–H and O–H groups in total. The van der Waals surface area contributed by atoms with Gasteiger partial charge in [0.25, 0.3) is 0 Å². The quantitative estimate of drug-likeness (QED) is 0.0416. The summed E-state index contributed by atoms with van der Waals surface area (Å²) < 4.78 is 4.49. The van der Waals surface area contributed by atoms with Gasteiger partial charge in [0.2, 0.25) is 5.56 Å². The molecular weight excluding hydrogens is 868 g/mol. The summed E-state index contributed by atoms with van der Waals surface area (Å²) in [7, 11) is 0. The topological polar surface area (TPSA) is 284 Å². The van der Waals surface area contributed by atoms with E-state index in [9.17, 15) is 14.4 Å². The molecule has 0 radical (unpaired) electrons. The minimum atomic E-state index is -0.440. The summed E-state index contributed by atoms with van der Waals surface area (Å²) in [6.45, 7) is 25.2. The fourth-order valence-corrected chi connectivity index (χ4v) is 6.56. The fraction of sp³-hybridized carbons (Fsp3) is 0.340. The predicted octanol–water partition coefficient (Wildman–Crippen LogP) is 10.8. The number of aromatic amines is 1. The van der Waals surface area contributed by atoms with Crippen molar-refractivity contribution in [2.45, 2.75) is 113 Å². The van der Waals surface area contributed by atoms with Gasteiger partial charge in [0.1, 0.15) is 52.1 Å². The maximum Gasteiger partial charge on any atom is 0.313 e. The van der Waals surface area contributed by atoms with Crippen LogP contribution in [0, 0.1) is 55.4 Å². The fourth-order valence-electron chi connectivity index (χ4n) is 6.31. The van der Waals surface area contributed by atoms with Crippen molar-refractivity contribution in [3.8, 4) is 0 Å². The lowest BCUT2D eigenvalue weighted by Gasteiger charge is -2.06. The SMILES string of the molecule is C.C.C.C.C.C=C.CCOC(=O)CC(C)=O.Cc1cc(C)c2c(C)cc(N)nc2n1.Cc1cc(N)nc(N)c1.Cc1cc(N)nc2[nH]c(=O)cc(C)c12.Cc1cc(N)nc2nc(Cl)cc(C)c12. The van der Waals surface area contributed by atoms with E-state index in [0.29, 0.717) is 52.1 Å². The number of aromatic nitrogens is 7. The molecule has 0 bridgehead atoms. The molecule has 0 aliphatic carbocycles. The number of esters is 1. The number of carbonyl (C=O) groups is 2. The van der Waals surface area contributed by atoms with Gasteiger partial charge in [0, 0.05) is 27.9 Å². The van der Waals surface area contributed by atoms with E-state index in [2.05, 4.69) is 65.8 Å². The van der Waals surface area contributed by atoms with Gasteiger partial charge in [-0.2, -0.15) is 0 Å². The number of nitrogens with one attached hydrogen (secondary N) is 1. The number of hydrogen-bond donors (Lipinski definition) is 6. The van der Waals surface area contributed by atoms with Gasteiger partial charge < -0.3 is 38.4 Å². The van der Waals surface area contributed by atoms with Crippen LogP contribution < -0.4 is 34.2 Å². The Morgan fingerprint density at radius 2 is 0.955 bits per heavy atom. The Hall–Kier alpha value is -7.20. The highest BCUT2D eigenvalue weighted by atomic mass is 35.5. The monoisotopic (exact) mass is 945 g/mol. The molecular formula is C50H77ClN12O4. The molecule has 0 unspecified atom stereocenters. The first-order valence-corrected chi connectivity index (χ1v) is 19.6. The van der Waals surface area contributed by atoms with Crippen LogP contribution in [0.25, 0.3) is 33.1 Å². The van der Waals surface area contributed by atoms with Crippen LogP contribution in [0.3, 0.4) is 0 Å². The number of hydrogen-bond acceptors (Lipinski definition) is 15. The van der Waals surface area contributed by atoms with Crippen LogP contribution in [-0.2, 0) is 14.3 Å². The third kappa shape index (κ3) is 20.7. The number of H-pyrrole nitrogens is 1. The van der Waals surface area contributed by atoms with Crippen LogP contribution in [-0.4, -0.2) is 53.2 Å². The number of pyridine rings is 7. The molecule has 0 aromatic carbocycles. The minimum absolute atomic E-state index is 0. The van der Waals surface area contributed by atoms with E-state index in [1.165, 1.54) is 12.5 Å². The molecule has 0 fully saturated rings. The molecule has 17 heteroatoms. The molecule has 7 heterocycles. The molecule has 67 heavy (non-hydrogen) atoms. The van der Waals surface area contributed by atoms with Crippen LogP contribution in [0.15, 0.2) is 66.5 Å². The van der Waals surface area contributed by atoms with Gasteiger partial charge in [0.05, 0.1) is 6.61 Å². The van der Waals surface area contributed by atoms with Gasteiger partial charge in [-0.1, -0.05) is 48.7 Å². The first-order chi connectivity index (χ1) is 29.1. The third-order valence-electron chi connectivity index (χ3n) is 8.41. The van der Waals surface area contributed by atoms with Crippen molar-refractivity contribution in [2.24, 2.45) is 0 Å². The third-order valence-corrected chi connectivity index (χ3v) is 8.60. The van der Waals surface area contributed by atoms with E-state index in [1.807, 2.05) is 66.7 Å². The number of aryl methyl sites for hydroxylation is 8. The lowest BCUT2D eigenvalue weighted by Crippen LogP contribution is -2.07. The average Bonchev–Trinajstić information content (AvgIpc) is 3.11. The van der Waals surface area contributed by atoms with Crippen molar-refractivity contribution >= 4 is 85.5 Å². The number of nitrogen functional groups attached to an aromatic ring is 5. The van der Waals surface area contributed by atoms with Crippen LogP contribution in [0.1, 0.15) is 102 Å². The Morgan fingerprint density at radius 1 is 0.567 bits per heavy atom. The average molecular weight is 946 g/mol. The van der Waals surface area contributed by atoms with E-state index in [-0.39, 0.29) is 54.9 Å². The van der Waals surface area contributed by atoms with Gasteiger partial charge in [-0.15, -0.1) is 13.2 Å². The highest BCUT2D eigenvalue weighted by Crippen LogP contribution is 2.24. The minimum Gasteiger partial charge on any atom is -0.466 e. The van der Waals surface area contributed by atoms with Crippen molar-refractivity contribution < 1.29 is 14.3 Å². The zero-order valence-electron chi connectivity index (χ0n) is 37.0. The normalized spacial score (nSPS) is 9.24. The summed E-state index contributed by atoms with van der Waals surface area (Å²) in [5.74, 6) is 1.80. The zero-order valence-corrected chi connectivity index (χ0v) is 37.8. The van der Waals surface area contributed by atoms with Crippen molar-refractivity contribution in [3.05, 3.63) is 122 Å². The summed E-state index contributed by atoms with van der Waals surface area (Å²) in [6.07, 6.45) is -0.103. The van der Waals surface area contributed by atoms with Crippen molar-refractivity contribution in [2.75, 3.05) is 35.3 Å². The van der Waals surface area contributed by atoms with E-state index in [1.54, 1.807) is 31.2 Å². The lowest BCUT2D eigenvalue weighted by atomic mass is 10.1. The standard InChI is InChI=1S/C11H13N3.C10H10ClN3.C10H11N3O.C6H9N3.C6H10O3.C2H4.5CH4/c1-6-4-8(3)13-11-10(6)7(2)5-9(12)14-11;1-5-3-7(11)13-10-9(5)6(2)4-8(12)14-10;1-5-3-7(11)12-10-9(5)6(2)4-8(14)13-10;1-4-2-5(7)9-6(8)3-4;1-3-9-6(8)4-5(2)7;1-2;;;;;/h4-5H,1-3H3,(H2,12,13,14);3-4H,1-2H3,(H2,12,13,14);3-4H,1-2H3,(H3,11,12,13,14);2-3H,1H3,(H4,7,8,9);3-4H2,1-2H3;1-2H2;5*1H4. The summed E-state index contributed by atoms with van der Waals surface area (Å²) in [5.41, 5.74) is 37.9. The number of nitrogens with zero attached hydrogens (tertiary/aromatic N) is 6. The largest absolute Gasteiger partial charge is 0.466 e. The van der Waals surface area contributed by atoms with Crippen LogP contribution >= 0.6 is 11.6 Å². The number of ketones is 1. The maximum atomic E-state index is 11.2. The summed E-state index contributed by atoms with van der Waals surface area (Å²) >= 11 is 5.84. The van der Waals surface area contributed by atoms with Gasteiger partial charge in [-0.3, -0.25) is 14.4 Å². The summed E-state index contributed by atoms with van der Waals surface area (Å²) in [4.78, 5) is 59.2. The summed E-state index contributed by atoms with van der Waals surface area (Å²) in [6, 6.07) is 14.5. The number of halogens is 1. The Morgan fingerprint density at radius 3 is 1.40 bits per heavy atom. The molecule has 368 valence electrons. The van der Waals surface area contributed by atoms with E-state index in [0.717, 1.165) is 60.9 Å². The Bertz CT molecular complexity index is 2530. The maximum absolute atomic E-state index is 11.2. The Labute approximate surface area is 403 Å². The highest BCUT2D eigenvalue weighted by Gasteiger charge is 2.08. The number of Topliss-reactive ketones (excluding diaryl/α,β-unsaturated/α-hetero) is 1. The van der Waals surface area contributed by atoms with E-state index < -0.39 is 5.97 Å². The van der Waals surface area contributed by atoms with E-state index in [4.69, 9.17) is 40.3 Å². The van der Waals surface area contributed by atoms with Crippen LogP contribution in [0.5, 0.6) is 0 Å². The second kappa shape index (κ2) is 30.8. The van der Waals surface area contributed by atoms with Crippen molar-refractivity contribution in [1.82, 2.24) is 34.9 Å². The number of rotatable bonds is 3. The van der Waals surface area contributed by atoms with Gasteiger partial charge in [-0.25, -0.2) is 29.9 Å². The highest BCUT2D eigenvalue weighted by molar-refractivity contribution is 6.29. The molecule has 7 rings (SSSR count).